The summed E-state index contributed by atoms with van der Waals surface area (Å²) < 4.78 is 5.70. The summed E-state index contributed by atoms with van der Waals surface area (Å²) in [7, 11) is 0. The van der Waals surface area contributed by atoms with Crippen molar-refractivity contribution in [2.24, 2.45) is 0 Å². The Balaban J connectivity index is 1.95. The summed E-state index contributed by atoms with van der Waals surface area (Å²) in [6.07, 6.45) is 0. The number of amides is 1. The molecular formula is C21H26N2O4. The molecule has 0 aliphatic carbocycles. The van der Waals surface area contributed by atoms with E-state index in [2.05, 4.69) is 24.1 Å². The van der Waals surface area contributed by atoms with E-state index in [9.17, 15) is 14.7 Å². The highest BCUT2D eigenvalue weighted by molar-refractivity contribution is 5.96. The number of hydrogen-bond donors (Lipinski definition) is 2. The first-order valence-electron chi connectivity index (χ1n) is 9.09. The third-order valence-electron chi connectivity index (χ3n) is 4.34. The van der Waals surface area contributed by atoms with Gasteiger partial charge < -0.3 is 20.1 Å². The second-order valence-corrected chi connectivity index (χ2v) is 6.06. The molecule has 0 radical (unpaired) electrons. The van der Waals surface area contributed by atoms with Gasteiger partial charge in [0.15, 0.2) is 6.04 Å². The Bertz CT molecular complexity index is 728. The minimum atomic E-state index is -1.11. The highest BCUT2D eigenvalue weighted by Gasteiger charge is 2.22. The Labute approximate surface area is 159 Å². The van der Waals surface area contributed by atoms with Gasteiger partial charge >= 0.3 is 5.97 Å². The smallest absolute Gasteiger partial charge is 0.330 e. The molecule has 0 saturated heterocycles. The lowest BCUT2D eigenvalue weighted by atomic mass is 10.1. The van der Waals surface area contributed by atoms with Crippen LogP contribution < -0.4 is 10.1 Å². The normalized spacial score (nSPS) is 11.8. The fourth-order valence-electron chi connectivity index (χ4n) is 2.68. The number of carboxylic acids is 1. The van der Waals surface area contributed by atoms with Crippen LogP contribution >= 0.6 is 0 Å². The van der Waals surface area contributed by atoms with Gasteiger partial charge in [-0.1, -0.05) is 44.2 Å². The van der Waals surface area contributed by atoms with Crippen LogP contribution in [0.1, 0.15) is 35.8 Å². The van der Waals surface area contributed by atoms with Gasteiger partial charge in [-0.25, -0.2) is 4.79 Å². The van der Waals surface area contributed by atoms with Crippen molar-refractivity contribution in [2.45, 2.75) is 19.9 Å². The van der Waals surface area contributed by atoms with E-state index in [1.165, 1.54) is 0 Å². The zero-order chi connectivity index (χ0) is 19.6. The van der Waals surface area contributed by atoms with Gasteiger partial charge in [0.2, 0.25) is 0 Å². The van der Waals surface area contributed by atoms with Crippen molar-refractivity contribution in [1.29, 1.82) is 0 Å². The number of nitrogens with zero attached hydrogens (tertiary/aromatic N) is 1. The molecular weight excluding hydrogens is 344 g/mol. The van der Waals surface area contributed by atoms with E-state index >= 15 is 0 Å². The second-order valence-electron chi connectivity index (χ2n) is 6.06. The Kier molecular flexibility index (Phi) is 7.82. The van der Waals surface area contributed by atoms with Crippen molar-refractivity contribution in [1.82, 2.24) is 10.2 Å². The zero-order valence-electron chi connectivity index (χ0n) is 15.7. The standard InChI is InChI=1S/C21H26N2O4/c1-3-23(4-2)14-15-27-18-12-10-17(11-13-18)20(24)22-19(21(25)26)16-8-6-5-7-9-16/h5-13,19H,3-4,14-15H2,1-2H3,(H,22,24)(H,25,26)/t19-/m1/s1. The number of carboxylic acid groups (broad SMARTS) is 1. The predicted molar refractivity (Wildman–Crippen MR) is 104 cm³/mol. The fourth-order valence-corrected chi connectivity index (χ4v) is 2.68. The highest BCUT2D eigenvalue weighted by atomic mass is 16.5. The number of likely N-dealkylation sites (N-methyl/N-ethyl adjacent to an activating group) is 1. The topological polar surface area (TPSA) is 78.9 Å². The van der Waals surface area contributed by atoms with Crippen LogP contribution in [0, 0.1) is 0 Å². The van der Waals surface area contributed by atoms with Gasteiger partial charge in [0.05, 0.1) is 0 Å². The van der Waals surface area contributed by atoms with Crippen LogP contribution in [0.3, 0.4) is 0 Å². The molecule has 0 spiro atoms. The molecule has 0 bridgehead atoms. The predicted octanol–water partition coefficient (Wildman–Crippen LogP) is 2.96. The van der Waals surface area contributed by atoms with Crippen LogP contribution in [-0.2, 0) is 4.79 Å². The van der Waals surface area contributed by atoms with E-state index in [4.69, 9.17) is 4.74 Å². The van der Waals surface area contributed by atoms with Gasteiger partial charge in [0.1, 0.15) is 12.4 Å². The van der Waals surface area contributed by atoms with E-state index in [1.54, 1.807) is 54.6 Å². The van der Waals surface area contributed by atoms with Crippen molar-refractivity contribution in [2.75, 3.05) is 26.2 Å². The van der Waals surface area contributed by atoms with E-state index in [0.29, 0.717) is 23.5 Å². The maximum Gasteiger partial charge on any atom is 0.330 e. The third kappa shape index (κ3) is 6.11. The maximum absolute atomic E-state index is 12.4. The molecule has 6 heteroatoms. The van der Waals surface area contributed by atoms with E-state index < -0.39 is 17.9 Å². The number of rotatable bonds is 10. The fraction of sp³-hybridized carbons (Fsp3) is 0.333. The van der Waals surface area contributed by atoms with Crippen molar-refractivity contribution >= 4 is 11.9 Å². The summed E-state index contributed by atoms with van der Waals surface area (Å²) in [5.41, 5.74) is 0.906. The summed E-state index contributed by atoms with van der Waals surface area (Å²) >= 11 is 0. The van der Waals surface area contributed by atoms with Gasteiger partial charge in [-0.15, -0.1) is 0 Å². The number of ether oxygens (including phenoxy) is 1. The molecule has 2 N–H and O–H groups in total. The van der Waals surface area contributed by atoms with Crippen molar-refractivity contribution < 1.29 is 19.4 Å². The summed E-state index contributed by atoms with van der Waals surface area (Å²) in [4.78, 5) is 26.2. The maximum atomic E-state index is 12.4. The zero-order valence-corrected chi connectivity index (χ0v) is 15.7. The molecule has 0 unspecified atom stereocenters. The molecule has 2 aromatic rings. The molecule has 0 aliphatic rings. The monoisotopic (exact) mass is 370 g/mol. The molecule has 27 heavy (non-hydrogen) atoms. The lowest BCUT2D eigenvalue weighted by molar-refractivity contribution is -0.139. The summed E-state index contributed by atoms with van der Waals surface area (Å²) in [5, 5.41) is 12.0. The summed E-state index contributed by atoms with van der Waals surface area (Å²) in [6, 6.07) is 14.2. The van der Waals surface area contributed by atoms with E-state index in [0.717, 1.165) is 19.6 Å². The van der Waals surface area contributed by atoms with Crippen LogP contribution in [0.5, 0.6) is 5.75 Å². The van der Waals surface area contributed by atoms with Crippen LogP contribution in [0.2, 0.25) is 0 Å². The minimum absolute atomic E-state index is 0.383. The van der Waals surface area contributed by atoms with Crippen molar-refractivity contribution in [3.63, 3.8) is 0 Å². The molecule has 1 amide bonds. The molecule has 0 saturated carbocycles. The summed E-state index contributed by atoms with van der Waals surface area (Å²) in [6.45, 7) is 7.58. The van der Waals surface area contributed by atoms with Crippen LogP contribution in [-0.4, -0.2) is 48.1 Å². The van der Waals surface area contributed by atoms with Crippen molar-refractivity contribution in [3.8, 4) is 5.75 Å². The first-order valence-corrected chi connectivity index (χ1v) is 9.09. The Morgan fingerprint density at radius 3 is 2.22 bits per heavy atom. The van der Waals surface area contributed by atoms with E-state index in [-0.39, 0.29) is 0 Å². The van der Waals surface area contributed by atoms with Gasteiger partial charge in [0.25, 0.3) is 5.91 Å². The number of benzene rings is 2. The molecule has 2 rings (SSSR count). The number of carbonyl (C=O) groups is 2. The highest BCUT2D eigenvalue weighted by Crippen LogP contribution is 2.16. The summed E-state index contributed by atoms with van der Waals surface area (Å²) in [5.74, 6) is -0.872. The molecule has 0 aliphatic heterocycles. The first-order chi connectivity index (χ1) is 13.0. The van der Waals surface area contributed by atoms with Gasteiger partial charge in [0, 0.05) is 12.1 Å². The second kappa shape index (κ2) is 10.3. The quantitative estimate of drug-likeness (QED) is 0.672. The SMILES string of the molecule is CCN(CC)CCOc1ccc(C(=O)N[C@@H](C(=O)O)c2ccccc2)cc1. The molecule has 144 valence electrons. The third-order valence-corrected chi connectivity index (χ3v) is 4.34. The van der Waals surface area contributed by atoms with E-state index in [1.807, 2.05) is 0 Å². The van der Waals surface area contributed by atoms with Crippen LogP contribution in [0.4, 0.5) is 0 Å². The van der Waals surface area contributed by atoms with Crippen LogP contribution in [0.25, 0.3) is 0 Å². The van der Waals surface area contributed by atoms with Gasteiger partial charge in [-0.2, -0.15) is 0 Å². The lowest BCUT2D eigenvalue weighted by Crippen LogP contribution is -2.33. The molecule has 0 heterocycles. The number of nitrogens with one attached hydrogen (secondary N) is 1. The Hall–Kier alpha value is -2.86. The van der Waals surface area contributed by atoms with Crippen molar-refractivity contribution in [3.05, 3.63) is 65.7 Å². The molecule has 0 fully saturated rings. The molecule has 0 aromatic heterocycles. The lowest BCUT2D eigenvalue weighted by Gasteiger charge is -2.18. The average Bonchev–Trinajstić information content (AvgIpc) is 2.70. The first kappa shape index (κ1) is 20.5. The van der Waals surface area contributed by atoms with Crippen LogP contribution in [0.15, 0.2) is 54.6 Å². The average molecular weight is 370 g/mol. The number of carbonyl (C=O) groups excluding carboxylic acids is 1. The van der Waals surface area contributed by atoms with Gasteiger partial charge in [-0.05, 0) is 42.9 Å². The molecule has 1 atom stereocenters. The van der Waals surface area contributed by atoms with Gasteiger partial charge in [-0.3, -0.25) is 4.79 Å². The minimum Gasteiger partial charge on any atom is -0.492 e. The Morgan fingerprint density at radius 2 is 1.67 bits per heavy atom. The molecule has 6 nitrogen and oxygen atoms in total. The number of aliphatic carboxylic acids is 1. The number of hydrogen-bond acceptors (Lipinski definition) is 4. The largest absolute Gasteiger partial charge is 0.492 e. The Morgan fingerprint density at radius 1 is 1.04 bits per heavy atom. The molecule has 2 aromatic carbocycles.